The van der Waals surface area contributed by atoms with Crippen molar-refractivity contribution in [3.8, 4) is 11.8 Å². The lowest BCUT2D eigenvalue weighted by Crippen LogP contribution is -2.11. The number of hydrogen-bond donors (Lipinski definition) is 1. The fraction of sp³-hybridized carbons (Fsp3) is 0.556. The summed E-state index contributed by atoms with van der Waals surface area (Å²) in [7, 11) is 5.01. The second-order valence-corrected chi connectivity index (χ2v) is 2.81. The Morgan fingerprint density at radius 2 is 1.93 bits per heavy atom. The third-order valence-electron chi connectivity index (χ3n) is 1.82. The molecule has 0 unspecified atom stereocenters. The Hall–Kier alpha value is -1.36. The predicted molar refractivity (Wildman–Crippen MR) is 52.6 cm³/mol. The molecule has 0 amide bonds. The van der Waals surface area contributed by atoms with E-state index in [2.05, 4.69) is 15.3 Å². The Kier molecular flexibility index (Phi) is 3.64. The molecule has 0 aliphatic heterocycles. The van der Waals surface area contributed by atoms with Crippen LogP contribution in [-0.4, -0.2) is 31.2 Å². The molecule has 1 aromatic rings. The van der Waals surface area contributed by atoms with Gasteiger partial charge in [-0.2, -0.15) is 9.97 Å². The maximum Gasteiger partial charge on any atom is 0.316 e. The van der Waals surface area contributed by atoms with Crippen LogP contribution in [0.2, 0.25) is 0 Å². The van der Waals surface area contributed by atoms with Gasteiger partial charge >= 0.3 is 6.01 Å². The van der Waals surface area contributed by atoms with E-state index in [0.717, 1.165) is 11.4 Å². The van der Waals surface area contributed by atoms with E-state index in [1.807, 2.05) is 14.0 Å². The van der Waals surface area contributed by atoms with E-state index >= 15 is 0 Å². The van der Waals surface area contributed by atoms with Crippen molar-refractivity contribution in [3.63, 3.8) is 0 Å². The quantitative estimate of drug-likeness (QED) is 0.762. The van der Waals surface area contributed by atoms with Crippen LogP contribution in [0.25, 0.3) is 0 Å². The van der Waals surface area contributed by atoms with Crippen molar-refractivity contribution in [1.29, 1.82) is 0 Å². The Bertz CT molecular complexity index is 315. The van der Waals surface area contributed by atoms with Crippen LogP contribution in [0.3, 0.4) is 0 Å². The summed E-state index contributed by atoms with van der Waals surface area (Å²) in [5.74, 6) is 0.708. The summed E-state index contributed by atoms with van der Waals surface area (Å²) in [4.78, 5) is 8.31. The zero-order valence-electron chi connectivity index (χ0n) is 8.92. The van der Waals surface area contributed by atoms with E-state index in [4.69, 9.17) is 9.47 Å². The van der Waals surface area contributed by atoms with Gasteiger partial charge in [-0.3, -0.25) is 0 Å². The number of nitrogens with zero attached hydrogens (tertiary/aromatic N) is 2. The zero-order chi connectivity index (χ0) is 10.6. The predicted octanol–water partition coefficient (Wildman–Crippen LogP) is 0.522. The molecule has 0 saturated heterocycles. The number of hydrogen-bond acceptors (Lipinski definition) is 5. The van der Waals surface area contributed by atoms with E-state index in [9.17, 15) is 0 Å². The van der Waals surface area contributed by atoms with Crippen molar-refractivity contribution in [3.05, 3.63) is 11.4 Å². The minimum atomic E-state index is 0.369. The molecule has 14 heavy (non-hydrogen) atoms. The van der Waals surface area contributed by atoms with Crippen LogP contribution < -0.4 is 14.8 Å². The maximum absolute atomic E-state index is 5.21. The summed E-state index contributed by atoms with van der Waals surface area (Å²) >= 11 is 0. The van der Waals surface area contributed by atoms with Gasteiger partial charge in [-0.25, -0.2) is 0 Å². The summed E-state index contributed by atoms with van der Waals surface area (Å²) in [5, 5.41) is 3.01. The molecule has 1 rings (SSSR count). The zero-order valence-corrected chi connectivity index (χ0v) is 8.92. The molecule has 78 valence electrons. The average molecular weight is 197 g/mol. The van der Waals surface area contributed by atoms with Crippen molar-refractivity contribution in [2.75, 3.05) is 21.3 Å². The first-order valence-electron chi connectivity index (χ1n) is 4.33. The van der Waals surface area contributed by atoms with Gasteiger partial charge in [0, 0.05) is 6.54 Å². The second-order valence-electron chi connectivity index (χ2n) is 2.81. The first-order chi connectivity index (χ1) is 6.72. The first kappa shape index (κ1) is 10.7. The molecule has 0 fully saturated rings. The molecule has 0 saturated carbocycles. The Morgan fingerprint density at radius 1 is 1.21 bits per heavy atom. The highest BCUT2D eigenvalue weighted by Gasteiger charge is 2.11. The smallest absolute Gasteiger partial charge is 0.316 e. The third-order valence-corrected chi connectivity index (χ3v) is 1.82. The number of rotatable bonds is 4. The van der Waals surface area contributed by atoms with Crippen molar-refractivity contribution in [1.82, 2.24) is 15.3 Å². The van der Waals surface area contributed by atoms with Crippen LogP contribution in [0.5, 0.6) is 11.8 Å². The van der Waals surface area contributed by atoms with Crippen molar-refractivity contribution in [2.24, 2.45) is 0 Å². The molecule has 0 atom stereocenters. The summed E-state index contributed by atoms with van der Waals surface area (Å²) in [6.07, 6.45) is 0. The van der Waals surface area contributed by atoms with E-state index in [1.54, 1.807) is 14.2 Å². The average Bonchev–Trinajstić information content (AvgIpc) is 2.18. The van der Waals surface area contributed by atoms with Gasteiger partial charge in [0.15, 0.2) is 5.75 Å². The molecule has 0 spiro atoms. The summed E-state index contributed by atoms with van der Waals surface area (Å²) in [6.45, 7) is 2.49. The molecule has 5 nitrogen and oxygen atoms in total. The molecule has 1 N–H and O–H groups in total. The van der Waals surface area contributed by atoms with Crippen LogP contribution >= 0.6 is 0 Å². The Balaban J connectivity index is 3.13. The van der Waals surface area contributed by atoms with Gasteiger partial charge in [0.05, 0.1) is 19.9 Å². The lowest BCUT2D eigenvalue weighted by atomic mass is 10.3. The molecule has 0 aliphatic carbocycles. The van der Waals surface area contributed by atoms with E-state index in [0.29, 0.717) is 18.3 Å². The standard InChI is InChI=1S/C9H15N3O2/c1-6-8(13-3)7(5-10-2)12-9(11-6)14-4/h10H,5H2,1-4H3. The largest absolute Gasteiger partial charge is 0.493 e. The summed E-state index contributed by atoms with van der Waals surface area (Å²) in [5.41, 5.74) is 1.59. The molecular formula is C9H15N3O2. The number of aromatic nitrogens is 2. The number of aryl methyl sites for hydroxylation is 1. The fourth-order valence-corrected chi connectivity index (χ4v) is 1.24. The molecule has 0 aliphatic rings. The number of ether oxygens (including phenoxy) is 2. The van der Waals surface area contributed by atoms with Crippen LogP contribution in [0.4, 0.5) is 0 Å². The highest BCUT2D eigenvalue weighted by Crippen LogP contribution is 2.21. The van der Waals surface area contributed by atoms with Gasteiger partial charge in [0.1, 0.15) is 5.69 Å². The summed E-state index contributed by atoms with van der Waals surface area (Å²) in [6, 6.07) is 0.369. The van der Waals surface area contributed by atoms with Crippen LogP contribution in [0.1, 0.15) is 11.4 Å². The minimum absolute atomic E-state index is 0.369. The van der Waals surface area contributed by atoms with Gasteiger partial charge in [-0.05, 0) is 14.0 Å². The van der Waals surface area contributed by atoms with Gasteiger partial charge < -0.3 is 14.8 Å². The molecule has 0 bridgehead atoms. The summed E-state index contributed by atoms with van der Waals surface area (Å²) < 4.78 is 10.2. The maximum atomic E-state index is 5.21. The normalized spacial score (nSPS) is 10.0. The lowest BCUT2D eigenvalue weighted by molar-refractivity contribution is 0.360. The molecule has 0 aromatic carbocycles. The van der Waals surface area contributed by atoms with Crippen LogP contribution in [-0.2, 0) is 6.54 Å². The Morgan fingerprint density at radius 3 is 2.43 bits per heavy atom. The fourth-order valence-electron chi connectivity index (χ4n) is 1.24. The minimum Gasteiger partial charge on any atom is -0.493 e. The van der Waals surface area contributed by atoms with Gasteiger partial charge in [-0.15, -0.1) is 0 Å². The number of nitrogens with one attached hydrogen (secondary N) is 1. The van der Waals surface area contributed by atoms with Crippen molar-refractivity contribution < 1.29 is 9.47 Å². The topological polar surface area (TPSA) is 56.3 Å². The monoisotopic (exact) mass is 197 g/mol. The molecular weight excluding hydrogens is 182 g/mol. The van der Waals surface area contributed by atoms with Gasteiger partial charge in [-0.1, -0.05) is 0 Å². The van der Waals surface area contributed by atoms with Crippen LogP contribution in [0.15, 0.2) is 0 Å². The molecule has 1 aromatic heterocycles. The Labute approximate surface area is 83.5 Å². The first-order valence-corrected chi connectivity index (χ1v) is 4.33. The van der Waals surface area contributed by atoms with E-state index in [-0.39, 0.29) is 0 Å². The second kappa shape index (κ2) is 4.76. The highest BCUT2D eigenvalue weighted by molar-refractivity contribution is 5.33. The molecule has 1 heterocycles. The van der Waals surface area contributed by atoms with Crippen molar-refractivity contribution >= 4 is 0 Å². The van der Waals surface area contributed by atoms with E-state index < -0.39 is 0 Å². The SMILES string of the molecule is CNCc1nc(OC)nc(C)c1OC. The number of methoxy groups -OCH3 is 2. The van der Waals surface area contributed by atoms with Crippen molar-refractivity contribution in [2.45, 2.75) is 13.5 Å². The van der Waals surface area contributed by atoms with Gasteiger partial charge in [0.25, 0.3) is 0 Å². The highest BCUT2D eigenvalue weighted by atomic mass is 16.5. The van der Waals surface area contributed by atoms with Crippen LogP contribution in [0, 0.1) is 6.92 Å². The lowest BCUT2D eigenvalue weighted by Gasteiger charge is -2.10. The molecule has 0 radical (unpaired) electrons. The third kappa shape index (κ3) is 2.11. The van der Waals surface area contributed by atoms with Gasteiger partial charge in [0.2, 0.25) is 0 Å². The van der Waals surface area contributed by atoms with E-state index in [1.165, 1.54) is 0 Å². The molecule has 5 heteroatoms.